The van der Waals surface area contributed by atoms with Gasteiger partial charge in [-0.15, -0.1) is 0 Å². The van der Waals surface area contributed by atoms with Crippen molar-refractivity contribution < 1.29 is 9.47 Å². The van der Waals surface area contributed by atoms with Crippen LogP contribution in [-0.4, -0.2) is 48.2 Å². The number of rotatable bonds is 6. The lowest BCUT2D eigenvalue weighted by atomic mass is 10.1. The van der Waals surface area contributed by atoms with Crippen molar-refractivity contribution in [2.45, 2.75) is 19.4 Å². The third-order valence-corrected chi connectivity index (χ3v) is 2.88. The van der Waals surface area contributed by atoms with Gasteiger partial charge in [0.05, 0.1) is 7.11 Å². The zero-order valence-corrected chi connectivity index (χ0v) is 11.5. The van der Waals surface area contributed by atoms with Gasteiger partial charge in [-0.25, -0.2) is 10.8 Å². The molecule has 18 heavy (non-hydrogen) atoms. The Bertz CT molecular complexity index is 395. The van der Waals surface area contributed by atoms with E-state index < -0.39 is 0 Å². The lowest BCUT2D eigenvalue weighted by molar-refractivity contribution is 0.108. The maximum Gasteiger partial charge on any atom is 0.262 e. The Kier molecular flexibility index (Phi) is 4.69. The molecule has 102 valence electrons. The number of anilines is 1. The molecular formula is C11H21N5O2. The fourth-order valence-corrected chi connectivity index (χ4v) is 1.12. The molecule has 1 rings (SSSR count). The average molecular weight is 255 g/mol. The molecule has 0 atom stereocenters. The van der Waals surface area contributed by atoms with E-state index in [1.807, 2.05) is 14.1 Å². The number of aromatic nitrogens is 2. The average Bonchev–Trinajstić information content (AvgIpc) is 2.35. The first-order chi connectivity index (χ1) is 8.42. The van der Waals surface area contributed by atoms with E-state index in [4.69, 9.17) is 15.3 Å². The third-order valence-electron chi connectivity index (χ3n) is 2.88. The predicted octanol–water partition coefficient (Wildman–Crippen LogP) is 0.490. The van der Waals surface area contributed by atoms with Crippen LogP contribution < -0.4 is 20.7 Å². The number of hydrogen-bond donors (Lipinski definition) is 2. The number of likely N-dealkylation sites (N-methyl/N-ethyl adjacent to an activating group) is 1. The van der Waals surface area contributed by atoms with Crippen LogP contribution in [0.5, 0.6) is 11.6 Å². The fraction of sp³-hybridized carbons (Fsp3) is 0.636. The second-order valence-corrected chi connectivity index (χ2v) is 4.70. The van der Waals surface area contributed by atoms with Crippen molar-refractivity contribution in [2.75, 3.05) is 33.2 Å². The minimum atomic E-state index is -0.119. The van der Waals surface area contributed by atoms with E-state index in [2.05, 4.69) is 34.1 Å². The molecule has 0 unspecified atom stereocenters. The number of hydrazine groups is 1. The van der Waals surface area contributed by atoms with E-state index in [9.17, 15) is 0 Å². The van der Waals surface area contributed by atoms with Crippen molar-refractivity contribution >= 4 is 5.82 Å². The third kappa shape index (κ3) is 3.21. The van der Waals surface area contributed by atoms with E-state index in [0.29, 0.717) is 24.1 Å². The number of nitrogens with two attached hydrogens (primary N) is 1. The summed E-state index contributed by atoms with van der Waals surface area (Å²) in [6.07, 6.45) is 1.37. The van der Waals surface area contributed by atoms with Gasteiger partial charge in [-0.2, -0.15) is 4.98 Å². The van der Waals surface area contributed by atoms with Crippen molar-refractivity contribution in [1.82, 2.24) is 14.9 Å². The van der Waals surface area contributed by atoms with Crippen LogP contribution >= 0.6 is 0 Å². The minimum absolute atomic E-state index is 0.119. The summed E-state index contributed by atoms with van der Waals surface area (Å²) in [4.78, 5) is 10.1. The summed E-state index contributed by atoms with van der Waals surface area (Å²) in [5.74, 6) is 6.50. The van der Waals surface area contributed by atoms with Crippen molar-refractivity contribution in [2.24, 2.45) is 5.84 Å². The lowest BCUT2D eigenvalue weighted by Gasteiger charge is -2.32. The zero-order chi connectivity index (χ0) is 13.8. The van der Waals surface area contributed by atoms with E-state index in [-0.39, 0.29) is 5.54 Å². The molecule has 0 fully saturated rings. The normalized spacial score (nSPS) is 11.5. The topological polar surface area (TPSA) is 85.5 Å². The van der Waals surface area contributed by atoms with Crippen molar-refractivity contribution in [3.63, 3.8) is 0 Å². The summed E-state index contributed by atoms with van der Waals surface area (Å²) in [5, 5.41) is 0. The first kappa shape index (κ1) is 14.5. The number of hydrogen-bond acceptors (Lipinski definition) is 7. The summed E-state index contributed by atoms with van der Waals surface area (Å²) in [6.45, 7) is 4.61. The first-order valence-electron chi connectivity index (χ1n) is 5.58. The molecule has 0 aliphatic carbocycles. The molecule has 0 spiro atoms. The van der Waals surface area contributed by atoms with Crippen LogP contribution in [0.25, 0.3) is 0 Å². The maximum atomic E-state index is 5.68. The predicted molar refractivity (Wildman–Crippen MR) is 69.7 cm³/mol. The zero-order valence-electron chi connectivity index (χ0n) is 11.5. The first-order valence-corrected chi connectivity index (χ1v) is 5.58. The molecule has 3 N–H and O–H groups in total. The van der Waals surface area contributed by atoms with Crippen LogP contribution in [-0.2, 0) is 0 Å². The van der Waals surface area contributed by atoms with Crippen molar-refractivity contribution in [1.29, 1.82) is 0 Å². The summed E-state index contributed by atoms with van der Waals surface area (Å²) >= 11 is 0. The molecule has 1 aromatic rings. The molecule has 0 saturated heterocycles. The molecule has 0 amide bonds. The molecule has 7 nitrogen and oxygen atoms in total. The van der Waals surface area contributed by atoms with Gasteiger partial charge in [-0.1, -0.05) is 0 Å². The number of nitrogen functional groups attached to an aromatic ring is 1. The van der Waals surface area contributed by atoms with Crippen LogP contribution in [0.1, 0.15) is 13.8 Å². The number of methoxy groups -OCH3 is 1. The Balaban J connectivity index is 2.85. The van der Waals surface area contributed by atoms with Crippen molar-refractivity contribution in [3.8, 4) is 11.6 Å². The Hall–Kier alpha value is -1.60. The maximum absolute atomic E-state index is 5.68. The van der Waals surface area contributed by atoms with Gasteiger partial charge >= 0.3 is 0 Å². The molecule has 0 bridgehead atoms. The summed E-state index contributed by atoms with van der Waals surface area (Å²) in [7, 11) is 5.50. The highest BCUT2D eigenvalue weighted by molar-refractivity contribution is 5.54. The highest BCUT2D eigenvalue weighted by Gasteiger charge is 2.23. The van der Waals surface area contributed by atoms with E-state index in [0.717, 1.165) is 0 Å². The quantitative estimate of drug-likeness (QED) is 0.565. The van der Waals surface area contributed by atoms with E-state index in [1.54, 1.807) is 0 Å². The molecular weight excluding hydrogens is 234 g/mol. The number of nitrogens with one attached hydrogen (secondary N) is 1. The molecule has 0 aromatic carbocycles. The Morgan fingerprint density at radius 2 is 2.06 bits per heavy atom. The van der Waals surface area contributed by atoms with Crippen molar-refractivity contribution in [3.05, 3.63) is 6.33 Å². The van der Waals surface area contributed by atoms with Gasteiger partial charge in [0, 0.05) is 5.54 Å². The molecule has 0 aliphatic rings. The van der Waals surface area contributed by atoms with E-state index >= 15 is 0 Å². The summed E-state index contributed by atoms with van der Waals surface area (Å²) < 4.78 is 10.9. The van der Waals surface area contributed by atoms with Crippen LogP contribution in [0.2, 0.25) is 0 Å². The summed E-state index contributed by atoms with van der Waals surface area (Å²) in [6, 6.07) is 0. The van der Waals surface area contributed by atoms with Crippen LogP contribution in [0.15, 0.2) is 6.33 Å². The lowest BCUT2D eigenvalue weighted by Crippen LogP contribution is -2.43. The second-order valence-electron chi connectivity index (χ2n) is 4.70. The van der Waals surface area contributed by atoms with Gasteiger partial charge in [-0.3, -0.25) is 0 Å². The Labute approximate surface area is 107 Å². The second kappa shape index (κ2) is 5.83. The smallest absolute Gasteiger partial charge is 0.262 e. The van der Waals surface area contributed by atoms with Gasteiger partial charge in [0.1, 0.15) is 12.9 Å². The van der Waals surface area contributed by atoms with Crippen LogP contribution in [0.4, 0.5) is 5.82 Å². The molecule has 0 radical (unpaired) electrons. The largest absolute Gasteiger partial charge is 0.489 e. The molecule has 1 aromatic heterocycles. The van der Waals surface area contributed by atoms with Crippen LogP contribution in [0, 0.1) is 0 Å². The van der Waals surface area contributed by atoms with Gasteiger partial charge in [0.25, 0.3) is 5.88 Å². The Morgan fingerprint density at radius 1 is 1.39 bits per heavy atom. The van der Waals surface area contributed by atoms with Crippen LogP contribution in [0.3, 0.4) is 0 Å². The minimum Gasteiger partial charge on any atom is -0.489 e. The Morgan fingerprint density at radius 3 is 2.56 bits per heavy atom. The number of nitrogens with zero attached hydrogens (tertiary/aromatic N) is 3. The SMILES string of the molecule is COc1c(NN)ncnc1OCC(C)(C)N(C)C. The monoisotopic (exact) mass is 255 g/mol. The molecule has 1 heterocycles. The van der Waals surface area contributed by atoms with E-state index in [1.165, 1.54) is 13.4 Å². The molecule has 0 saturated carbocycles. The highest BCUT2D eigenvalue weighted by Crippen LogP contribution is 2.30. The fourth-order valence-electron chi connectivity index (χ4n) is 1.12. The highest BCUT2D eigenvalue weighted by atomic mass is 16.5. The van der Waals surface area contributed by atoms with Gasteiger partial charge in [-0.05, 0) is 27.9 Å². The molecule has 0 aliphatic heterocycles. The van der Waals surface area contributed by atoms with Gasteiger partial charge in [0.2, 0.25) is 5.75 Å². The standard InChI is InChI=1S/C11H21N5O2/c1-11(2,16(3)4)6-18-10-8(17-5)9(15-12)13-7-14-10/h7H,6,12H2,1-5H3,(H,13,14,15). The van der Waals surface area contributed by atoms with Gasteiger partial charge < -0.3 is 19.8 Å². The number of ether oxygens (including phenoxy) is 2. The molecule has 7 heteroatoms. The van der Waals surface area contributed by atoms with Gasteiger partial charge in [0.15, 0.2) is 5.82 Å². The summed E-state index contributed by atoms with van der Waals surface area (Å²) in [5.41, 5.74) is 2.32.